The van der Waals surface area contributed by atoms with Crippen LogP contribution in [0.4, 0.5) is 4.79 Å². The zero-order chi connectivity index (χ0) is 9.78. The van der Waals surface area contributed by atoms with E-state index in [1.54, 1.807) is 20.8 Å². The number of alkyl carbamates (subject to hydrolysis) is 1. The molecule has 2 N–H and O–H groups in total. The largest absolute Gasteiger partial charge is 0.444 e. The lowest BCUT2D eigenvalue weighted by Crippen LogP contribution is -2.36. The van der Waals surface area contributed by atoms with Crippen LogP contribution < -0.4 is 5.32 Å². The molecule has 0 aliphatic carbocycles. The highest BCUT2D eigenvalue weighted by Crippen LogP contribution is 2.05. The van der Waals surface area contributed by atoms with Crippen LogP contribution in [0.25, 0.3) is 0 Å². The second-order valence-corrected chi connectivity index (χ2v) is 3.45. The van der Waals surface area contributed by atoms with Crippen molar-refractivity contribution in [1.29, 1.82) is 0 Å². The summed E-state index contributed by atoms with van der Waals surface area (Å²) >= 11 is 0. The number of hydrogen-bond donors (Lipinski definition) is 2. The first kappa shape index (κ1) is 11.3. The van der Waals surface area contributed by atoms with E-state index in [0.29, 0.717) is 0 Å². The molecule has 0 saturated heterocycles. The third-order valence-corrected chi connectivity index (χ3v) is 0.854. The Kier molecular flexibility index (Phi) is 4.10. The minimum atomic E-state index is -1.04. The monoisotopic (exact) mass is 171 g/mol. The number of ether oxygens (including phenoxy) is 1. The number of aliphatic hydroxyl groups excluding tert-OH is 1. The molecule has 1 unspecified atom stereocenters. The van der Waals surface area contributed by atoms with Gasteiger partial charge in [0.05, 0.1) is 0 Å². The summed E-state index contributed by atoms with van der Waals surface area (Å²) in [7, 11) is 4.99. The molecule has 5 heteroatoms. The van der Waals surface area contributed by atoms with E-state index in [-0.39, 0.29) is 6.54 Å². The Labute approximate surface area is 73.7 Å². The Morgan fingerprint density at radius 2 is 2.17 bits per heavy atom. The van der Waals surface area contributed by atoms with Gasteiger partial charge in [0.25, 0.3) is 0 Å². The van der Waals surface area contributed by atoms with Crippen LogP contribution in [0.15, 0.2) is 0 Å². The topological polar surface area (TPSA) is 58.6 Å². The lowest BCUT2D eigenvalue weighted by molar-refractivity contribution is 0.0511. The Balaban J connectivity index is 3.61. The molecular weight excluding hydrogens is 157 g/mol. The van der Waals surface area contributed by atoms with E-state index in [2.05, 4.69) is 5.32 Å². The number of nitrogens with one attached hydrogen (secondary N) is 1. The molecule has 0 aromatic carbocycles. The summed E-state index contributed by atoms with van der Waals surface area (Å²) in [5, 5.41) is 10.9. The summed E-state index contributed by atoms with van der Waals surface area (Å²) in [4.78, 5) is 10.9. The van der Waals surface area contributed by atoms with Crippen molar-refractivity contribution in [3.05, 3.63) is 0 Å². The lowest BCUT2D eigenvalue weighted by atomic mass is 10.0. The van der Waals surface area contributed by atoms with Crippen LogP contribution in [0.2, 0.25) is 0 Å². The fourth-order valence-corrected chi connectivity index (χ4v) is 0.502. The maximum absolute atomic E-state index is 10.9. The van der Waals surface area contributed by atoms with Crippen molar-refractivity contribution in [1.82, 2.24) is 5.32 Å². The van der Waals surface area contributed by atoms with E-state index >= 15 is 0 Å². The van der Waals surface area contributed by atoms with Crippen molar-refractivity contribution in [3.8, 4) is 0 Å². The fourth-order valence-electron chi connectivity index (χ4n) is 0.502. The second-order valence-electron chi connectivity index (χ2n) is 3.45. The number of carbonyl (C=O) groups is 1. The number of rotatable bonds is 2. The molecule has 0 aromatic rings. The van der Waals surface area contributed by atoms with E-state index in [1.807, 2.05) is 0 Å². The summed E-state index contributed by atoms with van der Waals surface area (Å²) in [5.41, 5.74) is -0.524. The normalized spacial score (nSPS) is 13.7. The van der Waals surface area contributed by atoms with Crippen molar-refractivity contribution >= 4 is 13.9 Å². The van der Waals surface area contributed by atoms with Crippen molar-refractivity contribution in [2.24, 2.45) is 0 Å². The zero-order valence-electron chi connectivity index (χ0n) is 7.63. The zero-order valence-corrected chi connectivity index (χ0v) is 7.63. The predicted molar refractivity (Wildman–Crippen MR) is 46.0 cm³/mol. The first-order valence-electron chi connectivity index (χ1n) is 3.72. The predicted octanol–water partition coefficient (Wildman–Crippen LogP) is -0.00200. The fraction of sp³-hybridized carbons (Fsp3) is 0.857. The van der Waals surface area contributed by atoms with Crippen LogP contribution in [-0.2, 0) is 4.74 Å². The summed E-state index contributed by atoms with van der Waals surface area (Å²) < 4.78 is 4.87. The number of hydrogen-bond acceptors (Lipinski definition) is 3. The first-order valence-corrected chi connectivity index (χ1v) is 3.72. The van der Waals surface area contributed by atoms with Crippen LogP contribution >= 0.6 is 0 Å². The van der Waals surface area contributed by atoms with Gasteiger partial charge in [0, 0.05) is 12.5 Å². The molecule has 2 radical (unpaired) electrons. The third kappa shape index (κ3) is 7.40. The summed E-state index contributed by atoms with van der Waals surface area (Å²) in [6, 6.07) is -1.04. The van der Waals surface area contributed by atoms with E-state index < -0.39 is 17.7 Å². The molecule has 68 valence electrons. The molecule has 0 rings (SSSR count). The summed E-state index contributed by atoms with van der Waals surface area (Å²) in [6.07, 6.45) is -0.577. The molecule has 0 heterocycles. The number of carbonyl (C=O) groups excluding carboxylic acids is 1. The maximum atomic E-state index is 10.9. The molecule has 0 saturated carbocycles. The molecule has 0 aromatic heterocycles. The van der Waals surface area contributed by atoms with Crippen molar-refractivity contribution in [2.75, 3.05) is 6.54 Å². The number of aliphatic hydroxyl groups is 1. The van der Waals surface area contributed by atoms with E-state index in [0.717, 1.165) is 0 Å². The smallest absolute Gasteiger partial charge is 0.407 e. The molecule has 4 nitrogen and oxygen atoms in total. The average molecular weight is 171 g/mol. The van der Waals surface area contributed by atoms with Gasteiger partial charge in [0.15, 0.2) is 0 Å². The van der Waals surface area contributed by atoms with Crippen LogP contribution in [0.3, 0.4) is 0 Å². The minimum Gasteiger partial charge on any atom is -0.444 e. The highest BCUT2D eigenvalue weighted by Gasteiger charge is 2.15. The van der Waals surface area contributed by atoms with E-state index in [9.17, 15) is 4.79 Å². The van der Waals surface area contributed by atoms with Gasteiger partial charge < -0.3 is 15.2 Å². The highest BCUT2D eigenvalue weighted by atomic mass is 16.6. The van der Waals surface area contributed by atoms with E-state index in [1.165, 1.54) is 0 Å². The van der Waals surface area contributed by atoms with Crippen LogP contribution in [-0.4, -0.2) is 37.2 Å². The maximum Gasteiger partial charge on any atom is 0.407 e. The Bertz CT molecular complexity index is 153. The van der Waals surface area contributed by atoms with Gasteiger partial charge in [-0.3, -0.25) is 0 Å². The van der Waals surface area contributed by atoms with Gasteiger partial charge in [-0.15, -0.1) is 0 Å². The Morgan fingerprint density at radius 1 is 1.67 bits per heavy atom. The molecule has 0 aliphatic rings. The van der Waals surface area contributed by atoms with Gasteiger partial charge in [-0.05, 0) is 20.8 Å². The first-order chi connectivity index (χ1) is 5.31. The van der Waals surface area contributed by atoms with Gasteiger partial charge in [-0.25, -0.2) is 4.79 Å². The van der Waals surface area contributed by atoms with Crippen molar-refractivity contribution < 1.29 is 14.6 Å². The molecule has 0 bridgehead atoms. The van der Waals surface area contributed by atoms with Gasteiger partial charge in [0.2, 0.25) is 0 Å². The molecular formula is C7H14BNO3. The summed E-state index contributed by atoms with van der Waals surface area (Å²) in [6.45, 7) is 5.26. The van der Waals surface area contributed by atoms with Crippen molar-refractivity contribution in [3.63, 3.8) is 0 Å². The molecule has 0 aliphatic heterocycles. The SMILES string of the molecule is [B]C(O)CNC(=O)OC(C)(C)C. The molecule has 1 amide bonds. The van der Waals surface area contributed by atoms with Gasteiger partial charge in [-0.1, -0.05) is 0 Å². The van der Waals surface area contributed by atoms with Gasteiger partial charge in [-0.2, -0.15) is 0 Å². The second kappa shape index (κ2) is 4.35. The van der Waals surface area contributed by atoms with Gasteiger partial charge >= 0.3 is 6.09 Å². The Morgan fingerprint density at radius 3 is 2.50 bits per heavy atom. The lowest BCUT2D eigenvalue weighted by Gasteiger charge is -2.20. The molecule has 12 heavy (non-hydrogen) atoms. The van der Waals surface area contributed by atoms with Crippen LogP contribution in [0.5, 0.6) is 0 Å². The summed E-state index contributed by atoms with van der Waals surface area (Å²) in [5.74, 6) is 0. The molecule has 1 atom stereocenters. The molecule has 0 spiro atoms. The van der Waals surface area contributed by atoms with Crippen molar-refractivity contribution in [2.45, 2.75) is 32.4 Å². The van der Waals surface area contributed by atoms with Gasteiger partial charge in [0.1, 0.15) is 13.4 Å². The average Bonchev–Trinajstić information content (AvgIpc) is 1.79. The van der Waals surface area contributed by atoms with Crippen LogP contribution in [0, 0.1) is 0 Å². The Hall–Kier alpha value is -0.705. The molecule has 0 fully saturated rings. The quantitative estimate of drug-likeness (QED) is 0.574. The third-order valence-electron chi connectivity index (χ3n) is 0.854. The highest BCUT2D eigenvalue weighted by molar-refractivity contribution is 6.11. The number of amides is 1. The van der Waals surface area contributed by atoms with Crippen LogP contribution in [0.1, 0.15) is 20.8 Å². The van der Waals surface area contributed by atoms with E-state index in [4.69, 9.17) is 17.7 Å². The standard InChI is InChI=1S/C7H14BNO3/c1-7(2,3)12-6(11)9-4-5(8)10/h5,10H,4H2,1-3H3,(H,9,11). The minimum absolute atomic E-state index is 0.00505.